The Labute approximate surface area is 123 Å². The van der Waals surface area contributed by atoms with E-state index in [-0.39, 0.29) is 11.3 Å². The number of rotatable bonds is 2. The third-order valence-corrected chi connectivity index (χ3v) is 5.82. The van der Waals surface area contributed by atoms with Crippen molar-refractivity contribution < 1.29 is 4.79 Å². The number of hydrogen-bond donors (Lipinski definition) is 2. The molecule has 1 spiro atoms. The van der Waals surface area contributed by atoms with Crippen molar-refractivity contribution in [3.63, 3.8) is 0 Å². The third kappa shape index (κ3) is 2.10. The molecule has 0 unspecified atom stereocenters. The van der Waals surface area contributed by atoms with E-state index in [2.05, 4.69) is 34.5 Å². The molecule has 0 bridgehead atoms. The summed E-state index contributed by atoms with van der Waals surface area (Å²) in [4.78, 5) is 12.2. The van der Waals surface area contributed by atoms with Crippen molar-refractivity contribution in [3.05, 3.63) is 29.3 Å². The van der Waals surface area contributed by atoms with Gasteiger partial charge in [-0.25, -0.2) is 0 Å². The van der Waals surface area contributed by atoms with Gasteiger partial charge in [-0.05, 0) is 61.0 Å². The molecule has 1 aromatic rings. The summed E-state index contributed by atoms with van der Waals surface area (Å²) in [6.45, 7) is 1.04. The molecule has 106 valence electrons. The van der Waals surface area contributed by atoms with Gasteiger partial charge in [0.25, 0.3) is 5.91 Å². The lowest BCUT2D eigenvalue weighted by molar-refractivity contribution is 0.0951. The Kier molecular flexibility index (Phi) is 2.95. The van der Waals surface area contributed by atoms with E-state index in [9.17, 15) is 4.79 Å². The summed E-state index contributed by atoms with van der Waals surface area (Å²) in [5.74, 6) is 2.57. The Morgan fingerprint density at radius 3 is 2.85 bits per heavy atom. The Morgan fingerprint density at radius 2 is 2.10 bits per heavy atom. The number of hydrogen-bond acceptors (Lipinski definition) is 3. The molecule has 3 nitrogen and oxygen atoms in total. The quantitative estimate of drug-likeness (QED) is 0.879. The smallest absolute Gasteiger partial charge is 0.251 e. The second-order valence-corrected chi connectivity index (χ2v) is 7.48. The van der Waals surface area contributed by atoms with Gasteiger partial charge in [0, 0.05) is 29.3 Å². The molecule has 1 saturated heterocycles. The fourth-order valence-electron chi connectivity index (χ4n) is 3.34. The number of amides is 1. The first-order chi connectivity index (χ1) is 9.77. The number of carbonyl (C=O) groups excluding carboxylic acids is 1. The van der Waals surface area contributed by atoms with Gasteiger partial charge in [-0.1, -0.05) is 0 Å². The molecule has 3 aliphatic rings. The highest BCUT2D eigenvalue weighted by Gasteiger charge is 2.40. The molecule has 1 aliphatic carbocycles. The Bertz CT molecular complexity index is 542. The van der Waals surface area contributed by atoms with Gasteiger partial charge in [0.2, 0.25) is 0 Å². The number of anilines is 1. The maximum absolute atomic E-state index is 12.2. The zero-order valence-electron chi connectivity index (χ0n) is 11.6. The van der Waals surface area contributed by atoms with Crippen molar-refractivity contribution in [1.82, 2.24) is 5.32 Å². The summed E-state index contributed by atoms with van der Waals surface area (Å²) in [5, 5.41) is 6.63. The predicted octanol–water partition coefficient (Wildman–Crippen LogP) is 2.77. The van der Waals surface area contributed by atoms with E-state index < -0.39 is 0 Å². The molecule has 1 saturated carbocycles. The second kappa shape index (κ2) is 4.69. The first-order valence-corrected chi connectivity index (χ1v) is 8.69. The molecule has 0 radical (unpaired) electrons. The van der Waals surface area contributed by atoms with Crippen molar-refractivity contribution >= 4 is 23.4 Å². The van der Waals surface area contributed by atoms with Gasteiger partial charge >= 0.3 is 0 Å². The first kappa shape index (κ1) is 12.6. The highest BCUT2D eigenvalue weighted by atomic mass is 32.2. The lowest BCUT2D eigenvalue weighted by Gasteiger charge is -2.33. The molecule has 0 aromatic heterocycles. The minimum atomic E-state index is 0.0996. The van der Waals surface area contributed by atoms with E-state index in [1.165, 1.54) is 35.6 Å². The molecule has 1 amide bonds. The van der Waals surface area contributed by atoms with E-state index in [0.29, 0.717) is 6.04 Å². The molecule has 0 atom stereocenters. The Morgan fingerprint density at radius 1 is 1.30 bits per heavy atom. The lowest BCUT2D eigenvalue weighted by Crippen LogP contribution is -2.33. The van der Waals surface area contributed by atoms with E-state index >= 15 is 0 Å². The molecular formula is C16H20N2OS. The fourth-order valence-corrected chi connectivity index (χ4v) is 4.62. The average Bonchev–Trinajstić information content (AvgIpc) is 3.24. The number of carbonyl (C=O) groups is 1. The van der Waals surface area contributed by atoms with Gasteiger partial charge in [0.05, 0.1) is 0 Å². The highest BCUT2D eigenvalue weighted by molar-refractivity contribution is 7.99. The van der Waals surface area contributed by atoms with Crippen LogP contribution in [0.2, 0.25) is 0 Å². The summed E-state index contributed by atoms with van der Waals surface area (Å²) < 4.78 is 0. The summed E-state index contributed by atoms with van der Waals surface area (Å²) in [7, 11) is 0. The SMILES string of the molecule is O=C(NC1CC1)c1ccc2c(c1)C1(CCSCC1)CN2. The molecule has 4 heteroatoms. The Hall–Kier alpha value is -1.16. The molecule has 20 heavy (non-hydrogen) atoms. The fraction of sp³-hybridized carbons (Fsp3) is 0.562. The Balaban J connectivity index is 1.64. The monoisotopic (exact) mass is 288 g/mol. The third-order valence-electron chi connectivity index (χ3n) is 4.83. The van der Waals surface area contributed by atoms with Crippen LogP contribution in [0, 0.1) is 0 Å². The molecular weight excluding hydrogens is 268 g/mol. The summed E-state index contributed by atoms with van der Waals surface area (Å²) in [6, 6.07) is 6.62. The molecule has 2 N–H and O–H groups in total. The topological polar surface area (TPSA) is 41.1 Å². The normalized spacial score (nSPS) is 23.2. The maximum Gasteiger partial charge on any atom is 0.251 e. The van der Waals surface area contributed by atoms with Gasteiger partial charge in [-0.2, -0.15) is 11.8 Å². The zero-order valence-corrected chi connectivity index (χ0v) is 12.4. The first-order valence-electron chi connectivity index (χ1n) is 7.54. The number of benzene rings is 1. The predicted molar refractivity (Wildman–Crippen MR) is 83.7 cm³/mol. The van der Waals surface area contributed by atoms with Crippen LogP contribution in [-0.2, 0) is 5.41 Å². The minimum Gasteiger partial charge on any atom is -0.384 e. The van der Waals surface area contributed by atoms with Crippen molar-refractivity contribution in [3.8, 4) is 0 Å². The zero-order chi connectivity index (χ0) is 13.6. The van der Waals surface area contributed by atoms with Crippen LogP contribution in [0.3, 0.4) is 0 Å². The van der Waals surface area contributed by atoms with E-state index in [1.807, 2.05) is 6.07 Å². The number of thioether (sulfide) groups is 1. The van der Waals surface area contributed by atoms with Gasteiger partial charge < -0.3 is 10.6 Å². The van der Waals surface area contributed by atoms with Crippen molar-refractivity contribution in [1.29, 1.82) is 0 Å². The molecule has 2 aliphatic heterocycles. The van der Waals surface area contributed by atoms with Crippen molar-refractivity contribution in [2.45, 2.75) is 37.1 Å². The average molecular weight is 288 g/mol. The van der Waals surface area contributed by atoms with Gasteiger partial charge in [0.1, 0.15) is 0 Å². The number of fused-ring (bicyclic) bond motifs is 2. The number of nitrogens with one attached hydrogen (secondary N) is 2. The van der Waals surface area contributed by atoms with E-state index in [1.54, 1.807) is 0 Å². The second-order valence-electron chi connectivity index (χ2n) is 6.25. The van der Waals surface area contributed by atoms with Gasteiger partial charge in [-0.3, -0.25) is 4.79 Å². The van der Waals surface area contributed by atoms with Crippen LogP contribution in [0.15, 0.2) is 18.2 Å². The molecule has 2 fully saturated rings. The van der Waals surface area contributed by atoms with E-state index in [4.69, 9.17) is 0 Å². The summed E-state index contributed by atoms with van der Waals surface area (Å²) >= 11 is 2.05. The van der Waals surface area contributed by atoms with Crippen LogP contribution in [0.1, 0.15) is 41.6 Å². The minimum absolute atomic E-state index is 0.0996. The lowest BCUT2D eigenvalue weighted by atomic mass is 9.77. The highest BCUT2D eigenvalue weighted by Crippen LogP contribution is 2.45. The molecule has 1 aromatic carbocycles. The van der Waals surface area contributed by atoms with E-state index in [0.717, 1.165) is 24.9 Å². The largest absolute Gasteiger partial charge is 0.384 e. The van der Waals surface area contributed by atoms with Crippen LogP contribution in [0.25, 0.3) is 0 Å². The van der Waals surface area contributed by atoms with Crippen molar-refractivity contribution in [2.75, 3.05) is 23.4 Å². The summed E-state index contributed by atoms with van der Waals surface area (Å²) in [6.07, 6.45) is 4.73. The van der Waals surface area contributed by atoms with Crippen LogP contribution in [0.4, 0.5) is 5.69 Å². The molecule has 4 rings (SSSR count). The molecule has 2 heterocycles. The van der Waals surface area contributed by atoms with Gasteiger partial charge in [0.15, 0.2) is 0 Å². The van der Waals surface area contributed by atoms with Crippen LogP contribution < -0.4 is 10.6 Å². The van der Waals surface area contributed by atoms with Crippen molar-refractivity contribution in [2.24, 2.45) is 0 Å². The van der Waals surface area contributed by atoms with Crippen LogP contribution in [-0.4, -0.2) is 30.0 Å². The summed E-state index contributed by atoms with van der Waals surface area (Å²) in [5.41, 5.74) is 3.72. The van der Waals surface area contributed by atoms with Crippen LogP contribution in [0.5, 0.6) is 0 Å². The van der Waals surface area contributed by atoms with Crippen LogP contribution >= 0.6 is 11.8 Å². The standard InChI is InChI=1S/C16H20N2OS/c19-15(18-12-2-3-12)11-1-4-14-13(9-11)16(10-17-14)5-7-20-8-6-16/h1,4,9,12,17H,2-3,5-8,10H2,(H,18,19). The maximum atomic E-state index is 12.2. The van der Waals surface area contributed by atoms with Gasteiger partial charge in [-0.15, -0.1) is 0 Å².